The number of alkyl halides is 3. The molecule has 8 heteroatoms. The summed E-state index contributed by atoms with van der Waals surface area (Å²) in [5, 5.41) is 1.66. The third-order valence-corrected chi connectivity index (χ3v) is 3.96. The van der Waals surface area contributed by atoms with E-state index < -0.39 is 29.2 Å². The van der Waals surface area contributed by atoms with E-state index in [0.29, 0.717) is 4.88 Å². The quantitative estimate of drug-likeness (QED) is 0.790. The second-order valence-corrected chi connectivity index (χ2v) is 5.35. The molecule has 0 fully saturated rings. The van der Waals surface area contributed by atoms with Crippen molar-refractivity contribution in [3.05, 3.63) is 46.3 Å². The van der Waals surface area contributed by atoms with Crippen molar-refractivity contribution in [2.24, 2.45) is 0 Å². The van der Waals surface area contributed by atoms with Crippen LogP contribution in [0.25, 0.3) is 10.4 Å². The van der Waals surface area contributed by atoms with Crippen LogP contribution in [0.4, 0.5) is 13.2 Å². The molecule has 1 aromatic heterocycles. The third kappa shape index (κ3) is 3.37. The van der Waals surface area contributed by atoms with Gasteiger partial charge in [0.05, 0.1) is 30.9 Å². The predicted octanol–water partition coefficient (Wildman–Crippen LogP) is 4.01. The summed E-state index contributed by atoms with van der Waals surface area (Å²) in [6.45, 7) is 0. The highest BCUT2D eigenvalue weighted by molar-refractivity contribution is 7.13. The van der Waals surface area contributed by atoms with Crippen molar-refractivity contribution in [2.45, 2.75) is 6.18 Å². The topological polar surface area (TPSA) is 52.6 Å². The van der Waals surface area contributed by atoms with Gasteiger partial charge in [-0.25, -0.2) is 9.59 Å². The number of carbonyl (C=O) groups is 2. The minimum Gasteiger partial charge on any atom is -0.465 e. The summed E-state index contributed by atoms with van der Waals surface area (Å²) in [4.78, 5) is 24.0. The molecule has 1 heterocycles. The second-order valence-electron chi connectivity index (χ2n) is 4.40. The maximum Gasteiger partial charge on any atom is 0.417 e. The van der Waals surface area contributed by atoms with Gasteiger partial charge >= 0.3 is 18.1 Å². The minimum absolute atomic E-state index is 0.0480. The van der Waals surface area contributed by atoms with E-state index in [1.54, 1.807) is 17.5 Å². The average molecular weight is 344 g/mol. The van der Waals surface area contributed by atoms with Crippen molar-refractivity contribution in [2.75, 3.05) is 14.2 Å². The van der Waals surface area contributed by atoms with Gasteiger partial charge in [-0.15, -0.1) is 11.3 Å². The highest BCUT2D eigenvalue weighted by Crippen LogP contribution is 2.38. The van der Waals surface area contributed by atoms with Crippen LogP contribution in [-0.2, 0) is 15.7 Å². The fourth-order valence-electron chi connectivity index (χ4n) is 2.03. The summed E-state index contributed by atoms with van der Waals surface area (Å²) in [7, 11) is 2.07. The predicted molar refractivity (Wildman–Crippen MR) is 77.4 cm³/mol. The van der Waals surface area contributed by atoms with Crippen LogP contribution in [0.15, 0.2) is 29.6 Å². The van der Waals surface area contributed by atoms with E-state index in [9.17, 15) is 22.8 Å². The lowest BCUT2D eigenvalue weighted by Crippen LogP contribution is -2.17. The zero-order valence-corrected chi connectivity index (χ0v) is 12.9. The van der Waals surface area contributed by atoms with E-state index >= 15 is 0 Å². The molecule has 0 N–H and O–H groups in total. The van der Waals surface area contributed by atoms with Crippen LogP contribution in [0.2, 0.25) is 0 Å². The Balaban J connectivity index is 2.80. The van der Waals surface area contributed by atoms with Gasteiger partial charge in [0, 0.05) is 10.4 Å². The first kappa shape index (κ1) is 17.0. The van der Waals surface area contributed by atoms with Gasteiger partial charge in [0.2, 0.25) is 0 Å². The lowest BCUT2D eigenvalue weighted by atomic mass is 9.96. The molecule has 0 spiro atoms. The SMILES string of the molecule is COC(=O)c1cc(C(=O)OC)c(C(F)(F)F)cc1-c1cccs1. The molecule has 0 aliphatic carbocycles. The molecule has 4 nitrogen and oxygen atoms in total. The van der Waals surface area contributed by atoms with Gasteiger partial charge in [-0.05, 0) is 23.6 Å². The van der Waals surface area contributed by atoms with Crippen molar-refractivity contribution in [1.29, 1.82) is 0 Å². The number of ether oxygens (including phenoxy) is 2. The maximum atomic E-state index is 13.3. The molecule has 0 aliphatic rings. The summed E-state index contributed by atoms with van der Waals surface area (Å²) in [5.41, 5.74) is -1.99. The Morgan fingerprint density at radius 1 is 1.04 bits per heavy atom. The average Bonchev–Trinajstić information content (AvgIpc) is 3.05. The summed E-state index contributed by atoms with van der Waals surface area (Å²) >= 11 is 1.17. The van der Waals surface area contributed by atoms with Crippen LogP contribution >= 0.6 is 11.3 Å². The number of hydrogen-bond acceptors (Lipinski definition) is 5. The van der Waals surface area contributed by atoms with Crippen LogP contribution < -0.4 is 0 Å². The van der Waals surface area contributed by atoms with Gasteiger partial charge in [0.1, 0.15) is 0 Å². The molecular weight excluding hydrogens is 333 g/mol. The number of thiophene rings is 1. The van der Waals surface area contributed by atoms with Gasteiger partial charge in [-0.1, -0.05) is 6.07 Å². The van der Waals surface area contributed by atoms with Gasteiger partial charge in [0.25, 0.3) is 0 Å². The molecule has 2 rings (SSSR count). The van der Waals surface area contributed by atoms with Crippen molar-refractivity contribution in [3.63, 3.8) is 0 Å². The number of benzene rings is 1. The van der Waals surface area contributed by atoms with Crippen molar-refractivity contribution < 1.29 is 32.2 Å². The van der Waals surface area contributed by atoms with E-state index in [-0.39, 0.29) is 11.1 Å². The first-order valence-electron chi connectivity index (χ1n) is 6.25. The largest absolute Gasteiger partial charge is 0.465 e. The molecule has 2 aromatic rings. The number of rotatable bonds is 3. The number of methoxy groups -OCH3 is 2. The molecule has 0 unspecified atom stereocenters. The Morgan fingerprint density at radius 2 is 1.65 bits per heavy atom. The monoisotopic (exact) mass is 344 g/mol. The smallest absolute Gasteiger partial charge is 0.417 e. The molecule has 122 valence electrons. The standard InChI is InChI=1S/C15H11F3O4S/c1-21-13(19)9-6-10(14(20)22-2)11(15(16,17)18)7-8(9)12-4-3-5-23-12/h3-7H,1-2H3. The lowest BCUT2D eigenvalue weighted by molar-refractivity contribution is -0.138. The molecule has 1 aromatic carbocycles. The fraction of sp³-hybridized carbons (Fsp3) is 0.200. The number of halogens is 3. The van der Waals surface area contributed by atoms with Crippen molar-refractivity contribution in [3.8, 4) is 10.4 Å². The van der Waals surface area contributed by atoms with Crippen molar-refractivity contribution >= 4 is 23.3 Å². The summed E-state index contributed by atoms with van der Waals surface area (Å²) in [6, 6.07) is 4.84. The fourth-order valence-corrected chi connectivity index (χ4v) is 2.78. The van der Waals surface area contributed by atoms with E-state index in [2.05, 4.69) is 9.47 Å². The van der Waals surface area contributed by atoms with Crippen LogP contribution in [-0.4, -0.2) is 26.2 Å². The Kier molecular flexibility index (Phi) is 4.74. The normalized spacial score (nSPS) is 11.2. The van der Waals surface area contributed by atoms with Crippen LogP contribution in [0.1, 0.15) is 26.3 Å². The highest BCUT2D eigenvalue weighted by atomic mass is 32.1. The number of esters is 2. The Labute approximate surface area is 133 Å². The second kappa shape index (κ2) is 6.41. The molecule has 0 atom stereocenters. The molecule has 0 bridgehead atoms. The van der Waals surface area contributed by atoms with Crippen LogP contribution in [0, 0.1) is 0 Å². The number of carbonyl (C=O) groups excluding carboxylic acids is 2. The first-order chi connectivity index (χ1) is 10.8. The van der Waals surface area contributed by atoms with Crippen LogP contribution in [0.3, 0.4) is 0 Å². The maximum absolute atomic E-state index is 13.3. The summed E-state index contributed by atoms with van der Waals surface area (Å²) in [6.07, 6.45) is -4.77. The third-order valence-electron chi connectivity index (χ3n) is 3.06. The van der Waals surface area contributed by atoms with E-state index in [4.69, 9.17) is 0 Å². The first-order valence-corrected chi connectivity index (χ1v) is 7.13. The summed E-state index contributed by atoms with van der Waals surface area (Å²) in [5.74, 6) is -2.02. The van der Waals surface area contributed by atoms with Gasteiger partial charge in [-0.3, -0.25) is 0 Å². The molecule has 0 amide bonds. The zero-order valence-electron chi connectivity index (χ0n) is 12.1. The van der Waals surface area contributed by atoms with E-state index in [1.165, 1.54) is 11.3 Å². The zero-order chi connectivity index (χ0) is 17.2. The molecule has 0 saturated carbocycles. The Hall–Kier alpha value is -2.35. The lowest BCUT2D eigenvalue weighted by Gasteiger charge is -2.15. The van der Waals surface area contributed by atoms with Gasteiger partial charge < -0.3 is 9.47 Å². The Morgan fingerprint density at radius 3 is 2.13 bits per heavy atom. The highest BCUT2D eigenvalue weighted by Gasteiger charge is 2.37. The van der Waals surface area contributed by atoms with E-state index in [1.807, 2.05) is 0 Å². The Bertz CT molecular complexity index is 736. The van der Waals surface area contributed by atoms with Gasteiger partial charge in [-0.2, -0.15) is 13.2 Å². The van der Waals surface area contributed by atoms with Crippen molar-refractivity contribution in [1.82, 2.24) is 0 Å². The van der Waals surface area contributed by atoms with E-state index in [0.717, 1.165) is 26.4 Å². The summed E-state index contributed by atoms with van der Waals surface area (Å²) < 4.78 is 48.8. The molecular formula is C15H11F3O4S. The molecule has 0 aliphatic heterocycles. The van der Waals surface area contributed by atoms with Gasteiger partial charge in [0.15, 0.2) is 0 Å². The van der Waals surface area contributed by atoms with Crippen LogP contribution in [0.5, 0.6) is 0 Å². The molecule has 0 saturated heterocycles. The minimum atomic E-state index is -4.77. The number of hydrogen-bond donors (Lipinski definition) is 0. The molecule has 23 heavy (non-hydrogen) atoms. The molecule has 0 radical (unpaired) electrons.